The van der Waals surface area contributed by atoms with E-state index in [2.05, 4.69) is 27.7 Å². The highest BCUT2D eigenvalue weighted by Crippen LogP contribution is 2.33. The molecular weight excluding hydrogens is 264 g/mol. The zero-order valence-corrected chi connectivity index (χ0v) is 12.0. The Morgan fingerprint density at radius 3 is 2.81 bits per heavy atom. The van der Waals surface area contributed by atoms with Crippen LogP contribution in [0, 0.1) is 5.41 Å². The lowest BCUT2D eigenvalue weighted by Gasteiger charge is -2.29. The fourth-order valence-electron chi connectivity index (χ4n) is 2.53. The van der Waals surface area contributed by atoms with Gasteiger partial charge in [0.05, 0.1) is 11.1 Å². The lowest BCUT2D eigenvalue weighted by Crippen LogP contribution is -2.34. The summed E-state index contributed by atoms with van der Waals surface area (Å²) in [5.74, 6) is 0.0766. The number of aromatic nitrogens is 3. The van der Waals surface area contributed by atoms with Crippen LogP contribution >= 0.6 is 0 Å². The van der Waals surface area contributed by atoms with Crippen molar-refractivity contribution >= 4 is 11.6 Å². The van der Waals surface area contributed by atoms with E-state index in [1.807, 2.05) is 31.2 Å². The molecule has 2 aromatic rings. The number of nitrogens with zero attached hydrogens (tertiary/aromatic N) is 3. The first-order chi connectivity index (χ1) is 10.2. The molecule has 21 heavy (non-hydrogen) atoms. The van der Waals surface area contributed by atoms with Crippen molar-refractivity contribution in [2.75, 3.05) is 5.32 Å². The highest BCUT2D eigenvalue weighted by Gasteiger charge is 2.32. The van der Waals surface area contributed by atoms with E-state index < -0.39 is 0 Å². The first-order valence-electron chi connectivity index (χ1n) is 7.09. The fourth-order valence-corrected chi connectivity index (χ4v) is 2.53. The summed E-state index contributed by atoms with van der Waals surface area (Å²) in [6.45, 7) is 2.02. The second kappa shape index (κ2) is 5.52. The van der Waals surface area contributed by atoms with Crippen LogP contribution < -0.4 is 5.32 Å². The Bertz CT molecular complexity index is 663. The van der Waals surface area contributed by atoms with Crippen molar-refractivity contribution in [3.8, 4) is 5.69 Å². The Morgan fingerprint density at radius 1 is 1.29 bits per heavy atom. The molecule has 0 bridgehead atoms. The van der Waals surface area contributed by atoms with E-state index in [0.29, 0.717) is 0 Å². The van der Waals surface area contributed by atoms with Crippen LogP contribution in [0.1, 0.15) is 26.2 Å². The van der Waals surface area contributed by atoms with Crippen LogP contribution in [0.15, 0.2) is 49.1 Å². The maximum atomic E-state index is 12.5. The number of benzene rings is 1. The lowest BCUT2D eigenvalue weighted by atomic mass is 9.78. The minimum atomic E-state index is -0.318. The number of nitrogens with one attached hydrogen (secondary N) is 1. The average Bonchev–Trinajstić information content (AvgIpc) is 3.02. The smallest absolute Gasteiger partial charge is 0.230 e. The van der Waals surface area contributed by atoms with Gasteiger partial charge in [0, 0.05) is 5.69 Å². The number of anilines is 1. The van der Waals surface area contributed by atoms with E-state index in [0.717, 1.165) is 30.6 Å². The fraction of sp³-hybridized carbons (Fsp3) is 0.312. The summed E-state index contributed by atoms with van der Waals surface area (Å²) in [6.07, 6.45) is 10.1. The second-order valence-electron chi connectivity index (χ2n) is 5.65. The molecular formula is C16H18N4O. The Kier molecular flexibility index (Phi) is 3.56. The van der Waals surface area contributed by atoms with Gasteiger partial charge in [-0.05, 0) is 37.5 Å². The number of hydrogen-bond acceptors (Lipinski definition) is 3. The third-order valence-electron chi connectivity index (χ3n) is 3.97. The number of rotatable bonds is 3. The summed E-state index contributed by atoms with van der Waals surface area (Å²) in [7, 11) is 0. The molecule has 0 aliphatic heterocycles. The maximum absolute atomic E-state index is 12.5. The largest absolute Gasteiger partial charge is 0.326 e. The lowest BCUT2D eigenvalue weighted by molar-refractivity contribution is -0.125. The van der Waals surface area contributed by atoms with Gasteiger partial charge in [-0.15, -0.1) is 10.2 Å². The number of hydrogen-bond donors (Lipinski definition) is 1. The molecule has 1 aromatic heterocycles. The molecule has 108 valence electrons. The molecule has 0 spiro atoms. The molecule has 5 nitrogen and oxygen atoms in total. The molecule has 0 saturated carbocycles. The van der Waals surface area contributed by atoms with Gasteiger partial charge in [0.15, 0.2) is 0 Å². The first-order valence-corrected chi connectivity index (χ1v) is 7.09. The van der Waals surface area contributed by atoms with E-state index in [1.54, 1.807) is 17.2 Å². The summed E-state index contributed by atoms with van der Waals surface area (Å²) in [4.78, 5) is 12.5. The van der Waals surface area contributed by atoms with Crippen LogP contribution in [0.3, 0.4) is 0 Å². The van der Waals surface area contributed by atoms with E-state index >= 15 is 0 Å². The van der Waals surface area contributed by atoms with Gasteiger partial charge in [0.25, 0.3) is 0 Å². The highest BCUT2D eigenvalue weighted by atomic mass is 16.2. The summed E-state index contributed by atoms with van der Waals surface area (Å²) in [6, 6.07) is 7.68. The van der Waals surface area contributed by atoms with Gasteiger partial charge in [-0.25, -0.2) is 0 Å². The molecule has 1 N–H and O–H groups in total. The van der Waals surface area contributed by atoms with Crippen molar-refractivity contribution in [1.29, 1.82) is 0 Å². The minimum absolute atomic E-state index is 0.0766. The Morgan fingerprint density at radius 2 is 2.10 bits per heavy atom. The normalized spacial score (nSPS) is 21.2. The van der Waals surface area contributed by atoms with E-state index in [-0.39, 0.29) is 11.3 Å². The van der Waals surface area contributed by atoms with Gasteiger partial charge in [-0.1, -0.05) is 25.1 Å². The average molecular weight is 282 g/mol. The molecule has 1 aliphatic rings. The summed E-state index contributed by atoms with van der Waals surface area (Å²) in [5.41, 5.74) is 1.40. The highest BCUT2D eigenvalue weighted by molar-refractivity contribution is 5.95. The standard InChI is InChI=1S/C16H18N4O/c1-16(8-3-2-4-9-16)15(21)19-13-6-5-7-14(10-13)20-11-17-18-12-20/h2-3,5-7,10-12H,4,8-9H2,1H3,(H,19,21). The van der Waals surface area contributed by atoms with Crippen LogP contribution in [-0.4, -0.2) is 20.7 Å². The second-order valence-corrected chi connectivity index (χ2v) is 5.65. The molecule has 3 rings (SSSR count). The Balaban J connectivity index is 1.77. The summed E-state index contributed by atoms with van der Waals surface area (Å²) < 4.78 is 1.81. The zero-order valence-electron chi connectivity index (χ0n) is 12.0. The SMILES string of the molecule is CC1(C(=O)Nc2cccc(-n3cnnc3)c2)CC=CCC1. The molecule has 0 radical (unpaired) electrons. The molecule has 1 unspecified atom stereocenters. The van der Waals surface area contributed by atoms with Crippen molar-refractivity contribution in [1.82, 2.24) is 14.8 Å². The van der Waals surface area contributed by atoms with Crippen molar-refractivity contribution in [3.63, 3.8) is 0 Å². The van der Waals surface area contributed by atoms with Gasteiger partial charge < -0.3 is 5.32 Å². The number of amides is 1. The molecule has 1 aliphatic carbocycles. The molecule has 0 saturated heterocycles. The van der Waals surface area contributed by atoms with Crippen LogP contribution in [0.2, 0.25) is 0 Å². The van der Waals surface area contributed by atoms with E-state index in [4.69, 9.17) is 0 Å². The minimum Gasteiger partial charge on any atom is -0.326 e. The Labute approximate surface area is 123 Å². The van der Waals surface area contributed by atoms with E-state index in [9.17, 15) is 4.79 Å². The maximum Gasteiger partial charge on any atom is 0.230 e. The van der Waals surface area contributed by atoms with Crippen LogP contribution in [0.5, 0.6) is 0 Å². The van der Waals surface area contributed by atoms with Crippen molar-refractivity contribution in [2.24, 2.45) is 5.41 Å². The van der Waals surface area contributed by atoms with Gasteiger partial charge in [0.2, 0.25) is 5.91 Å². The van der Waals surface area contributed by atoms with Crippen LogP contribution in [-0.2, 0) is 4.79 Å². The van der Waals surface area contributed by atoms with Crippen LogP contribution in [0.25, 0.3) is 5.69 Å². The number of allylic oxidation sites excluding steroid dienone is 2. The first kappa shape index (κ1) is 13.5. The quantitative estimate of drug-likeness (QED) is 0.880. The van der Waals surface area contributed by atoms with Gasteiger partial charge in [0.1, 0.15) is 12.7 Å². The monoisotopic (exact) mass is 282 g/mol. The zero-order chi connectivity index (χ0) is 14.7. The van der Waals surface area contributed by atoms with Crippen LogP contribution in [0.4, 0.5) is 5.69 Å². The van der Waals surface area contributed by atoms with Crippen molar-refractivity contribution in [3.05, 3.63) is 49.1 Å². The van der Waals surface area contributed by atoms with Gasteiger partial charge in [-0.3, -0.25) is 9.36 Å². The number of carbonyl (C=O) groups excluding carboxylic acids is 1. The molecule has 1 aromatic carbocycles. The molecule has 5 heteroatoms. The summed E-state index contributed by atoms with van der Waals surface area (Å²) >= 11 is 0. The predicted octanol–water partition coefficient (Wildman–Crippen LogP) is 2.95. The Hall–Kier alpha value is -2.43. The topological polar surface area (TPSA) is 59.8 Å². The third-order valence-corrected chi connectivity index (χ3v) is 3.97. The van der Waals surface area contributed by atoms with Crippen molar-refractivity contribution < 1.29 is 4.79 Å². The van der Waals surface area contributed by atoms with Gasteiger partial charge >= 0.3 is 0 Å². The molecule has 1 heterocycles. The molecule has 1 amide bonds. The predicted molar refractivity (Wildman–Crippen MR) is 81.1 cm³/mol. The molecule has 0 fully saturated rings. The summed E-state index contributed by atoms with van der Waals surface area (Å²) in [5, 5.41) is 10.6. The molecule has 1 atom stereocenters. The van der Waals surface area contributed by atoms with Crippen molar-refractivity contribution in [2.45, 2.75) is 26.2 Å². The number of carbonyl (C=O) groups is 1. The van der Waals surface area contributed by atoms with E-state index in [1.165, 1.54) is 0 Å². The third kappa shape index (κ3) is 2.86. The van der Waals surface area contributed by atoms with Gasteiger partial charge in [-0.2, -0.15) is 0 Å².